The number of aliphatic hydroxyl groups excluding tert-OH is 1. The molecule has 1 aromatic rings. The van der Waals surface area contributed by atoms with E-state index in [9.17, 15) is 29.4 Å². The zero-order valence-electron chi connectivity index (χ0n) is 19.6. The van der Waals surface area contributed by atoms with Gasteiger partial charge in [0.15, 0.2) is 0 Å². The number of carbonyl (C=O) groups is 4. The van der Waals surface area contributed by atoms with E-state index in [1.165, 1.54) is 0 Å². The number of nitrogens with one attached hydrogen (secondary N) is 3. The molecule has 10 heteroatoms. The van der Waals surface area contributed by atoms with Crippen LogP contribution in [0.4, 0.5) is 0 Å². The number of amides is 3. The Morgan fingerprint density at radius 1 is 0.879 bits per heavy atom. The molecule has 0 aromatic heterocycles. The van der Waals surface area contributed by atoms with Gasteiger partial charge >= 0.3 is 5.97 Å². The fourth-order valence-corrected chi connectivity index (χ4v) is 3.18. The lowest BCUT2D eigenvalue weighted by atomic mass is 10.0. The molecule has 0 fully saturated rings. The Morgan fingerprint density at radius 3 is 1.91 bits per heavy atom. The molecule has 4 unspecified atom stereocenters. The number of benzene rings is 1. The molecule has 0 saturated carbocycles. The molecule has 1 rings (SSSR count). The summed E-state index contributed by atoms with van der Waals surface area (Å²) in [7, 11) is 0. The first kappa shape index (κ1) is 28.1. The summed E-state index contributed by atoms with van der Waals surface area (Å²) in [6, 6.07) is 4.80. The minimum absolute atomic E-state index is 0.0325. The maximum atomic E-state index is 12.8. The van der Waals surface area contributed by atoms with Crippen LogP contribution in [0.1, 0.15) is 39.7 Å². The number of aliphatic carboxylic acids is 1. The van der Waals surface area contributed by atoms with E-state index in [0.29, 0.717) is 0 Å². The lowest BCUT2D eigenvalue weighted by Crippen LogP contribution is -2.58. The minimum atomic E-state index is -1.37. The number of aliphatic hydroxyl groups is 1. The van der Waals surface area contributed by atoms with Crippen LogP contribution in [0.25, 0.3) is 0 Å². The predicted octanol–water partition coefficient (Wildman–Crippen LogP) is -0.210. The van der Waals surface area contributed by atoms with Gasteiger partial charge < -0.3 is 31.9 Å². The van der Waals surface area contributed by atoms with Gasteiger partial charge in [-0.3, -0.25) is 14.4 Å². The van der Waals surface area contributed by atoms with Crippen LogP contribution in [0.3, 0.4) is 0 Å². The highest BCUT2D eigenvalue weighted by atomic mass is 16.4. The average Bonchev–Trinajstić information content (AvgIpc) is 2.74. The van der Waals surface area contributed by atoms with Crippen LogP contribution in [0.2, 0.25) is 0 Å². The maximum absolute atomic E-state index is 12.8. The SMILES string of the molecule is CC(C)CC(NC(=O)C(N)Cc1ccccc1)C(=O)NC(CO)C(=O)NC(C(=O)O)C(C)C. The van der Waals surface area contributed by atoms with Gasteiger partial charge in [0.2, 0.25) is 17.7 Å². The Bertz CT molecular complexity index is 799. The second-order valence-corrected chi connectivity index (χ2v) is 8.80. The van der Waals surface area contributed by atoms with E-state index in [-0.39, 0.29) is 18.8 Å². The van der Waals surface area contributed by atoms with E-state index in [2.05, 4.69) is 16.0 Å². The van der Waals surface area contributed by atoms with Crippen molar-refractivity contribution < 1.29 is 29.4 Å². The van der Waals surface area contributed by atoms with Crippen molar-refractivity contribution in [1.29, 1.82) is 0 Å². The topological polar surface area (TPSA) is 171 Å². The Morgan fingerprint density at radius 2 is 1.42 bits per heavy atom. The highest BCUT2D eigenvalue weighted by molar-refractivity contribution is 5.94. The van der Waals surface area contributed by atoms with Crippen molar-refractivity contribution in [2.45, 2.75) is 64.7 Å². The highest BCUT2D eigenvalue weighted by Gasteiger charge is 2.31. The third-order valence-corrected chi connectivity index (χ3v) is 5.02. The summed E-state index contributed by atoms with van der Waals surface area (Å²) in [6.07, 6.45) is 0.565. The van der Waals surface area contributed by atoms with Gasteiger partial charge in [0.25, 0.3) is 0 Å². The molecular formula is C23H36N4O6. The van der Waals surface area contributed by atoms with Crippen LogP contribution in [0, 0.1) is 11.8 Å². The zero-order chi connectivity index (χ0) is 25.1. The van der Waals surface area contributed by atoms with E-state index in [1.807, 2.05) is 44.2 Å². The van der Waals surface area contributed by atoms with Crippen molar-refractivity contribution in [3.8, 4) is 0 Å². The van der Waals surface area contributed by atoms with Crippen LogP contribution < -0.4 is 21.7 Å². The van der Waals surface area contributed by atoms with Crippen LogP contribution >= 0.6 is 0 Å². The summed E-state index contributed by atoms with van der Waals surface area (Å²) in [6.45, 7) is 6.24. The summed E-state index contributed by atoms with van der Waals surface area (Å²) in [5.41, 5.74) is 6.89. The summed E-state index contributed by atoms with van der Waals surface area (Å²) in [5, 5.41) is 26.2. The lowest BCUT2D eigenvalue weighted by molar-refractivity contribution is -0.143. The van der Waals surface area contributed by atoms with E-state index < -0.39 is 60.4 Å². The fourth-order valence-electron chi connectivity index (χ4n) is 3.18. The Kier molecular flexibility index (Phi) is 11.5. The van der Waals surface area contributed by atoms with Gasteiger partial charge in [-0.15, -0.1) is 0 Å². The first-order valence-corrected chi connectivity index (χ1v) is 11.0. The van der Waals surface area contributed by atoms with Gasteiger partial charge in [-0.1, -0.05) is 58.0 Å². The molecule has 0 heterocycles. The number of carboxylic acids is 1. The van der Waals surface area contributed by atoms with Crippen LogP contribution in [0.5, 0.6) is 0 Å². The number of rotatable bonds is 13. The molecule has 3 amide bonds. The molecule has 1 aromatic carbocycles. The molecule has 184 valence electrons. The number of hydrogen-bond acceptors (Lipinski definition) is 6. The number of nitrogens with two attached hydrogens (primary N) is 1. The van der Waals surface area contributed by atoms with E-state index in [0.717, 1.165) is 5.56 Å². The quantitative estimate of drug-likeness (QED) is 0.234. The Hall–Kier alpha value is -2.98. The smallest absolute Gasteiger partial charge is 0.326 e. The molecule has 0 bridgehead atoms. The summed E-state index contributed by atoms with van der Waals surface area (Å²) in [5.74, 6) is -3.61. The Balaban J connectivity index is 2.84. The van der Waals surface area contributed by atoms with Crippen LogP contribution in [-0.4, -0.2) is 64.7 Å². The molecule has 0 saturated heterocycles. The third-order valence-electron chi connectivity index (χ3n) is 5.02. The largest absolute Gasteiger partial charge is 0.480 e. The molecule has 0 aliphatic carbocycles. The standard InChI is InChI=1S/C23H36N4O6/c1-13(2)10-17(25-20(29)16(24)11-15-8-6-5-7-9-15)21(30)26-18(12-28)22(31)27-19(14(3)4)23(32)33/h5-9,13-14,16-19,28H,10-12,24H2,1-4H3,(H,25,29)(H,26,30)(H,27,31)(H,32,33). The monoisotopic (exact) mass is 464 g/mol. The molecular weight excluding hydrogens is 428 g/mol. The molecule has 0 radical (unpaired) electrons. The fraction of sp³-hybridized carbons (Fsp3) is 0.565. The van der Waals surface area contributed by atoms with Crippen molar-refractivity contribution in [3.63, 3.8) is 0 Å². The van der Waals surface area contributed by atoms with Gasteiger partial charge in [-0.2, -0.15) is 0 Å². The normalized spacial score (nSPS) is 14.8. The average molecular weight is 465 g/mol. The summed E-state index contributed by atoms with van der Waals surface area (Å²) < 4.78 is 0. The van der Waals surface area contributed by atoms with Gasteiger partial charge in [-0.05, 0) is 30.2 Å². The number of hydrogen-bond donors (Lipinski definition) is 6. The minimum Gasteiger partial charge on any atom is -0.480 e. The second-order valence-electron chi connectivity index (χ2n) is 8.80. The van der Waals surface area contributed by atoms with Crippen molar-refractivity contribution in [3.05, 3.63) is 35.9 Å². The lowest BCUT2D eigenvalue weighted by Gasteiger charge is -2.26. The van der Waals surface area contributed by atoms with E-state index >= 15 is 0 Å². The van der Waals surface area contributed by atoms with Gasteiger partial charge in [0.05, 0.1) is 12.6 Å². The molecule has 0 spiro atoms. The van der Waals surface area contributed by atoms with Gasteiger partial charge in [0, 0.05) is 0 Å². The first-order chi connectivity index (χ1) is 15.5. The van der Waals surface area contributed by atoms with Crippen molar-refractivity contribution in [2.75, 3.05) is 6.61 Å². The third kappa shape index (κ3) is 9.58. The van der Waals surface area contributed by atoms with Crippen LogP contribution in [-0.2, 0) is 25.6 Å². The van der Waals surface area contributed by atoms with Gasteiger partial charge in [0.1, 0.15) is 18.1 Å². The summed E-state index contributed by atoms with van der Waals surface area (Å²) in [4.78, 5) is 49.2. The van der Waals surface area contributed by atoms with E-state index in [4.69, 9.17) is 5.73 Å². The Labute approximate surface area is 194 Å². The van der Waals surface area contributed by atoms with Gasteiger partial charge in [-0.25, -0.2) is 4.79 Å². The maximum Gasteiger partial charge on any atom is 0.326 e. The first-order valence-electron chi connectivity index (χ1n) is 11.0. The molecule has 4 atom stereocenters. The molecule has 0 aliphatic heterocycles. The van der Waals surface area contributed by atoms with Crippen molar-refractivity contribution >= 4 is 23.7 Å². The predicted molar refractivity (Wildman–Crippen MR) is 123 cm³/mol. The highest BCUT2D eigenvalue weighted by Crippen LogP contribution is 2.08. The van der Waals surface area contributed by atoms with Crippen molar-refractivity contribution in [1.82, 2.24) is 16.0 Å². The second kappa shape index (κ2) is 13.5. The van der Waals surface area contributed by atoms with Crippen molar-refractivity contribution in [2.24, 2.45) is 17.6 Å². The number of carbonyl (C=O) groups excluding carboxylic acids is 3. The molecule has 33 heavy (non-hydrogen) atoms. The van der Waals surface area contributed by atoms with Crippen LogP contribution in [0.15, 0.2) is 30.3 Å². The summed E-state index contributed by atoms with van der Waals surface area (Å²) >= 11 is 0. The number of carboxylic acid groups (broad SMARTS) is 1. The molecule has 0 aliphatic rings. The van der Waals surface area contributed by atoms with E-state index in [1.54, 1.807) is 13.8 Å². The molecule has 7 N–H and O–H groups in total. The zero-order valence-corrected chi connectivity index (χ0v) is 19.6. The molecule has 10 nitrogen and oxygen atoms in total.